The fraction of sp³-hybridized carbons (Fsp3) is 0.133. The molecule has 10 heteroatoms. The summed E-state index contributed by atoms with van der Waals surface area (Å²) in [4.78, 5) is 22.8. The molecule has 25 heavy (non-hydrogen) atoms. The number of primary amides is 1. The molecule has 0 radical (unpaired) electrons. The molecule has 0 atom stereocenters. The summed E-state index contributed by atoms with van der Waals surface area (Å²) in [6.45, 7) is 1.83. The fourth-order valence-corrected chi connectivity index (χ4v) is 2.93. The maximum atomic E-state index is 12.2. The second-order valence-corrected chi connectivity index (χ2v) is 6.93. The summed E-state index contributed by atoms with van der Waals surface area (Å²) < 4.78 is 28.0. The number of nitrogens with two attached hydrogens (primary N) is 1. The van der Waals surface area contributed by atoms with Gasteiger partial charge in [0.1, 0.15) is 0 Å². The molecule has 0 spiro atoms. The van der Waals surface area contributed by atoms with Crippen LogP contribution in [0.3, 0.4) is 0 Å². The Bertz CT molecular complexity index is 929. The minimum Gasteiger partial charge on any atom is -0.350 e. The van der Waals surface area contributed by atoms with Crippen LogP contribution in [0.4, 0.5) is 4.79 Å². The van der Waals surface area contributed by atoms with Crippen LogP contribution in [0.2, 0.25) is 0 Å². The van der Waals surface area contributed by atoms with Gasteiger partial charge in [0.15, 0.2) is 0 Å². The van der Waals surface area contributed by atoms with Crippen molar-refractivity contribution in [2.45, 2.75) is 11.8 Å². The number of aromatic nitrogens is 1. The molecule has 1 aromatic heterocycles. The highest BCUT2D eigenvalue weighted by Crippen LogP contribution is 2.12. The van der Waals surface area contributed by atoms with Crippen molar-refractivity contribution in [3.63, 3.8) is 0 Å². The number of amides is 3. The van der Waals surface area contributed by atoms with E-state index in [-0.39, 0.29) is 10.5 Å². The van der Waals surface area contributed by atoms with E-state index in [0.29, 0.717) is 5.69 Å². The van der Waals surface area contributed by atoms with Crippen LogP contribution in [0.5, 0.6) is 0 Å². The Kier molecular flexibility index (Phi) is 5.22. The average Bonchev–Trinajstić information content (AvgIpc) is 2.88. The van der Waals surface area contributed by atoms with Gasteiger partial charge in [0.05, 0.1) is 22.4 Å². The van der Waals surface area contributed by atoms with Crippen molar-refractivity contribution in [3.05, 3.63) is 53.3 Å². The van der Waals surface area contributed by atoms with Gasteiger partial charge < -0.3 is 10.3 Å². The number of nitrogens with zero attached hydrogens (tertiary/aromatic N) is 2. The van der Waals surface area contributed by atoms with Gasteiger partial charge in [-0.05, 0) is 25.1 Å². The molecule has 1 aromatic carbocycles. The van der Waals surface area contributed by atoms with Crippen LogP contribution < -0.4 is 15.9 Å². The third-order valence-electron chi connectivity index (χ3n) is 3.24. The Morgan fingerprint density at radius 3 is 2.48 bits per heavy atom. The van der Waals surface area contributed by atoms with Crippen molar-refractivity contribution < 1.29 is 18.0 Å². The largest absolute Gasteiger partial charge is 0.350 e. The molecule has 0 aliphatic heterocycles. The van der Waals surface area contributed by atoms with E-state index in [1.54, 1.807) is 23.7 Å². The summed E-state index contributed by atoms with van der Waals surface area (Å²) in [6.07, 6.45) is 2.71. The highest BCUT2D eigenvalue weighted by Gasteiger charge is 2.19. The van der Waals surface area contributed by atoms with Crippen molar-refractivity contribution in [2.75, 3.05) is 0 Å². The SMILES string of the molecule is Cc1ccc(S(=O)(=O)NC(=O)c2cc(/C=N/NC(N)=O)n(C)c2)cc1. The predicted molar refractivity (Wildman–Crippen MR) is 91.6 cm³/mol. The van der Waals surface area contributed by atoms with E-state index in [0.717, 1.165) is 5.56 Å². The Hall–Kier alpha value is -3.14. The first-order chi connectivity index (χ1) is 11.7. The van der Waals surface area contributed by atoms with E-state index < -0.39 is 22.0 Å². The molecule has 0 bridgehead atoms. The van der Waals surface area contributed by atoms with Crippen LogP contribution >= 0.6 is 0 Å². The van der Waals surface area contributed by atoms with Crippen LogP contribution in [-0.4, -0.2) is 31.1 Å². The van der Waals surface area contributed by atoms with Crippen molar-refractivity contribution in [1.82, 2.24) is 14.7 Å². The molecule has 2 rings (SSSR count). The third-order valence-corrected chi connectivity index (χ3v) is 4.58. The zero-order valence-corrected chi connectivity index (χ0v) is 14.4. The normalized spacial score (nSPS) is 11.4. The van der Waals surface area contributed by atoms with Gasteiger partial charge in [-0.25, -0.2) is 23.4 Å². The monoisotopic (exact) mass is 363 g/mol. The first kappa shape index (κ1) is 18.2. The van der Waals surface area contributed by atoms with Crippen LogP contribution in [0.1, 0.15) is 21.6 Å². The molecule has 1 heterocycles. The molecule has 0 aliphatic carbocycles. The summed E-state index contributed by atoms with van der Waals surface area (Å²) in [5.74, 6) is -0.779. The summed E-state index contributed by atoms with van der Waals surface area (Å²) in [5.41, 5.74) is 8.40. The molecule has 0 aliphatic rings. The zero-order valence-electron chi connectivity index (χ0n) is 13.6. The Balaban J connectivity index is 2.17. The highest BCUT2D eigenvalue weighted by atomic mass is 32.2. The molecule has 9 nitrogen and oxygen atoms in total. The Morgan fingerprint density at radius 2 is 1.88 bits per heavy atom. The van der Waals surface area contributed by atoms with Crippen molar-refractivity contribution in [1.29, 1.82) is 0 Å². The lowest BCUT2D eigenvalue weighted by Gasteiger charge is -2.06. The summed E-state index contributed by atoms with van der Waals surface area (Å²) in [6, 6.07) is 6.72. The Morgan fingerprint density at radius 1 is 1.24 bits per heavy atom. The van der Waals surface area contributed by atoms with Gasteiger partial charge in [0, 0.05) is 13.2 Å². The number of carbonyl (C=O) groups is 2. The molecule has 0 saturated carbocycles. The second kappa shape index (κ2) is 7.18. The van der Waals surface area contributed by atoms with E-state index in [1.165, 1.54) is 30.6 Å². The number of hydrogen-bond donors (Lipinski definition) is 3. The number of hydrogen-bond acceptors (Lipinski definition) is 5. The zero-order chi connectivity index (χ0) is 18.6. The van der Waals surface area contributed by atoms with E-state index in [1.807, 2.05) is 17.1 Å². The number of rotatable bonds is 5. The summed E-state index contributed by atoms with van der Waals surface area (Å²) in [7, 11) is -2.34. The highest BCUT2D eigenvalue weighted by molar-refractivity contribution is 7.90. The van der Waals surface area contributed by atoms with Crippen molar-refractivity contribution >= 4 is 28.2 Å². The summed E-state index contributed by atoms with van der Waals surface area (Å²) in [5, 5.41) is 3.58. The number of sulfonamides is 1. The molecular weight excluding hydrogens is 346 g/mol. The third kappa shape index (κ3) is 4.67. The lowest BCUT2D eigenvalue weighted by atomic mass is 10.2. The molecule has 0 unspecified atom stereocenters. The maximum absolute atomic E-state index is 12.2. The molecule has 2 aromatic rings. The van der Waals surface area contributed by atoms with Crippen LogP contribution in [0, 0.1) is 6.92 Å². The smallest absolute Gasteiger partial charge is 0.332 e. The van der Waals surface area contributed by atoms with E-state index in [4.69, 9.17) is 5.73 Å². The van der Waals surface area contributed by atoms with E-state index in [9.17, 15) is 18.0 Å². The summed E-state index contributed by atoms with van der Waals surface area (Å²) >= 11 is 0. The standard InChI is InChI=1S/C15H17N5O4S/c1-10-3-5-13(6-4-10)25(23,24)19-14(21)11-7-12(20(2)9-11)8-17-18-15(16)22/h3-9H,1-2H3,(H,19,21)(H3,16,18,22)/b17-8+. The van der Waals surface area contributed by atoms with Gasteiger partial charge in [-0.3, -0.25) is 4.79 Å². The first-order valence-corrected chi connectivity index (χ1v) is 8.56. The lowest BCUT2D eigenvalue weighted by molar-refractivity contribution is 0.0981. The number of carbonyl (C=O) groups excluding carboxylic acids is 2. The number of urea groups is 1. The van der Waals surface area contributed by atoms with Gasteiger partial charge in [0.25, 0.3) is 15.9 Å². The molecule has 0 fully saturated rings. The molecule has 132 valence electrons. The van der Waals surface area contributed by atoms with Gasteiger partial charge >= 0.3 is 6.03 Å². The van der Waals surface area contributed by atoms with Gasteiger partial charge in [-0.2, -0.15) is 5.10 Å². The molecule has 3 amide bonds. The number of aryl methyl sites for hydroxylation is 2. The minimum atomic E-state index is -3.97. The van der Waals surface area contributed by atoms with E-state index in [2.05, 4.69) is 5.10 Å². The quantitative estimate of drug-likeness (QED) is 0.525. The van der Waals surface area contributed by atoms with Crippen molar-refractivity contribution in [2.24, 2.45) is 17.9 Å². The lowest BCUT2D eigenvalue weighted by Crippen LogP contribution is -2.30. The van der Waals surface area contributed by atoms with Crippen LogP contribution in [0.25, 0.3) is 0 Å². The molecular formula is C15H17N5O4S. The molecule has 4 N–H and O–H groups in total. The maximum Gasteiger partial charge on any atom is 0.332 e. The first-order valence-electron chi connectivity index (χ1n) is 7.08. The number of hydrazone groups is 1. The number of benzene rings is 1. The van der Waals surface area contributed by atoms with E-state index >= 15 is 0 Å². The molecule has 0 saturated heterocycles. The van der Waals surface area contributed by atoms with Crippen LogP contribution in [0.15, 0.2) is 46.5 Å². The second-order valence-electron chi connectivity index (χ2n) is 5.25. The average molecular weight is 363 g/mol. The topological polar surface area (TPSA) is 136 Å². The predicted octanol–water partition coefficient (Wildman–Crippen LogP) is 0.454. The van der Waals surface area contributed by atoms with Crippen molar-refractivity contribution in [3.8, 4) is 0 Å². The number of nitrogens with one attached hydrogen (secondary N) is 2. The van der Waals surface area contributed by atoms with Gasteiger partial charge in [0.2, 0.25) is 0 Å². The van der Waals surface area contributed by atoms with Gasteiger partial charge in [-0.1, -0.05) is 17.7 Å². The Labute approximate surface area is 144 Å². The minimum absolute atomic E-state index is 0.00479. The van der Waals surface area contributed by atoms with Gasteiger partial charge in [-0.15, -0.1) is 0 Å². The fourth-order valence-electron chi connectivity index (χ4n) is 1.95. The van der Waals surface area contributed by atoms with Crippen LogP contribution in [-0.2, 0) is 17.1 Å².